The molecule has 6 heteroatoms. The molecule has 0 aliphatic heterocycles. The molecule has 0 radical (unpaired) electrons. The van der Waals surface area contributed by atoms with Crippen molar-refractivity contribution in [2.45, 2.75) is 27.2 Å². The lowest BCUT2D eigenvalue weighted by molar-refractivity contribution is 0.102. The highest BCUT2D eigenvalue weighted by molar-refractivity contribution is 6.31. The molecule has 0 bridgehead atoms. The number of carbonyl (C=O) groups is 1. The zero-order chi connectivity index (χ0) is 16.8. The molecule has 1 aromatic heterocycles. The van der Waals surface area contributed by atoms with Gasteiger partial charge in [0.15, 0.2) is 0 Å². The number of nitrogens with one attached hydrogen (secondary N) is 2. The maximum atomic E-state index is 12.2. The minimum atomic E-state index is -0.309. The van der Waals surface area contributed by atoms with Crippen LogP contribution in [0.5, 0.6) is 0 Å². The van der Waals surface area contributed by atoms with E-state index >= 15 is 0 Å². The molecule has 5 nitrogen and oxygen atoms in total. The fourth-order valence-electron chi connectivity index (χ4n) is 1.95. The molecule has 1 aromatic carbocycles. The molecule has 2 N–H and O–H groups in total. The highest BCUT2D eigenvalue weighted by Crippen LogP contribution is 2.23. The lowest BCUT2D eigenvalue weighted by Crippen LogP contribution is -2.15. The summed E-state index contributed by atoms with van der Waals surface area (Å²) >= 11 is 6.05. The summed E-state index contributed by atoms with van der Waals surface area (Å²) in [5, 5.41) is 6.59. The predicted molar refractivity (Wildman–Crippen MR) is 94.1 cm³/mol. The number of hydrogen-bond acceptors (Lipinski definition) is 4. The van der Waals surface area contributed by atoms with Crippen LogP contribution in [0.3, 0.4) is 0 Å². The Balaban J connectivity index is 1.98. The average Bonchev–Trinajstić information content (AvgIpc) is 2.52. The Morgan fingerprint density at radius 2 is 2.04 bits per heavy atom. The second-order valence-electron chi connectivity index (χ2n) is 5.76. The molecule has 0 atom stereocenters. The normalized spacial score (nSPS) is 10.7. The maximum Gasteiger partial charge on any atom is 0.275 e. The summed E-state index contributed by atoms with van der Waals surface area (Å²) in [6.45, 7) is 7.02. The van der Waals surface area contributed by atoms with E-state index in [2.05, 4.69) is 34.4 Å². The molecular weight excluding hydrogens is 312 g/mol. The van der Waals surface area contributed by atoms with Crippen LogP contribution in [0.25, 0.3) is 0 Å². The van der Waals surface area contributed by atoms with Crippen LogP contribution in [0.4, 0.5) is 11.5 Å². The van der Waals surface area contributed by atoms with E-state index in [9.17, 15) is 4.79 Å². The van der Waals surface area contributed by atoms with E-state index < -0.39 is 0 Å². The zero-order valence-electron chi connectivity index (χ0n) is 13.6. The minimum Gasteiger partial charge on any atom is -0.369 e. The third kappa shape index (κ3) is 4.93. The van der Waals surface area contributed by atoms with E-state index in [0.717, 1.165) is 18.5 Å². The van der Waals surface area contributed by atoms with Gasteiger partial charge in [0.05, 0.1) is 12.4 Å². The number of halogens is 1. The first-order chi connectivity index (χ1) is 11.0. The van der Waals surface area contributed by atoms with Crippen LogP contribution in [0.15, 0.2) is 30.6 Å². The number of benzene rings is 1. The second kappa shape index (κ2) is 7.92. The van der Waals surface area contributed by atoms with Crippen molar-refractivity contribution in [1.29, 1.82) is 0 Å². The molecule has 0 aliphatic carbocycles. The van der Waals surface area contributed by atoms with Crippen LogP contribution in [0.2, 0.25) is 5.02 Å². The molecule has 0 saturated heterocycles. The number of anilines is 2. The number of hydrogen-bond donors (Lipinski definition) is 2. The third-order valence-corrected chi connectivity index (χ3v) is 3.84. The Hall–Kier alpha value is -2.14. The van der Waals surface area contributed by atoms with E-state index in [-0.39, 0.29) is 11.6 Å². The van der Waals surface area contributed by atoms with E-state index in [0.29, 0.717) is 22.4 Å². The van der Waals surface area contributed by atoms with Gasteiger partial charge < -0.3 is 10.6 Å². The summed E-state index contributed by atoms with van der Waals surface area (Å²) in [5.74, 6) is 0.985. The van der Waals surface area contributed by atoms with Gasteiger partial charge in [-0.05, 0) is 37.0 Å². The monoisotopic (exact) mass is 332 g/mol. The Bertz CT molecular complexity index is 671. The zero-order valence-corrected chi connectivity index (χ0v) is 14.3. The second-order valence-corrected chi connectivity index (χ2v) is 6.17. The largest absolute Gasteiger partial charge is 0.369 e. The van der Waals surface area contributed by atoms with E-state index in [4.69, 9.17) is 11.6 Å². The summed E-state index contributed by atoms with van der Waals surface area (Å²) in [5.41, 5.74) is 1.75. The van der Waals surface area contributed by atoms with Crippen molar-refractivity contribution in [2.24, 2.45) is 5.92 Å². The Labute approximate surface area is 141 Å². The lowest BCUT2D eigenvalue weighted by atomic mass is 10.1. The van der Waals surface area contributed by atoms with Crippen molar-refractivity contribution in [3.63, 3.8) is 0 Å². The smallest absolute Gasteiger partial charge is 0.275 e. The molecule has 0 saturated carbocycles. The lowest BCUT2D eigenvalue weighted by Gasteiger charge is -2.10. The number of nitrogens with zero attached hydrogens (tertiary/aromatic N) is 2. The van der Waals surface area contributed by atoms with E-state index in [1.165, 1.54) is 6.20 Å². The van der Waals surface area contributed by atoms with Gasteiger partial charge in [-0.3, -0.25) is 4.79 Å². The van der Waals surface area contributed by atoms with Gasteiger partial charge in [-0.15, -0.1) is 0 Å². The van der Waals surface area contributed by atoms with Gasteiger partial charge in [0, 0.05) is 17.3 Å². The molecule has 23 heavy (non-hydrogen) atoms. The van der Waals surface area contributed by atoms with E-state index in [1.807, 2.05) is 6.92 Å². The first-order valence-electron chi connectivity index (χ1n) is 7.59. The SMILES string of the molecule is Cc1c(Cl)cccc1NC(=O)c1cnc(NCCC(C)C)cn1. The van der Waals surface area contributed by atoms with Crippen LogP contribution in [-0.4, -0.2) is 22.4 Å². The van der Waals surface area contributed by atoms with Gasteiger partial charge >= 0.3 is 0 Å². The minimum absolute atomic E-state index is 0.263. The van der Waals surface area contributed by atoms with Crippen LogP contribution in [0, 0.1) is 12.8 Å². The average molecular weight is 333 g/mol. The fourth-order valence-corrected chi connectivity index (χ4v) is 2.13. The number of amides is 1. The molecule has 2 rings (SSSR count). The van der Waals surface area contributed by atoms with Crippen molar-refractivity contribution in [3.05, 3.63) is 46.9 Å². The molecule has 122 valence electrons. The maximum absolute atomic E-state index is 12.2. The molecule has 0 aliphatic rings. The highest BCUT2D eigenvalue weighted by atomic mass is 35.5. The number of carbonyl (C=O) groups excluding carboxylic acids is 1. The summed E-state index contributed by atoms with van der Waals surface area (Å²) in [6.07, 6.45) is 4.09. The van der Waals surface area contributed by atoms with Crippen LogP contribution < -0.4 is 10.6 Å². The molecular formula is C17H21ClN4O. The predicted octanol–water partition coefficient (Wildman–Crippen LogP) is 4.15. The summed E-state index contributed by atoms with van der Waals surface area (Å²) in [4.78, 5) is 20.6. The van der Waals surface area contributed by atoms with Gasteiger partial charge in [0.2, 0.25) is 0 Å². The number of rotatable bonds is 6. The Morgan fingerprint density at radius 3 is 2.70 bits per heavy atom. The summed E-state index contributed by atoms with van der Waals surface area (Å²) in [7, 11) is 0. The van der Waals surface area contributed by atoms with Gasteiger partial charge in [0.1, 0.15) is 11.5 Å². The van der Waals surface area contributed by atoms with Gasteiger partial charge in [0.25, 0.3) is 5.91 Å². The van der Waals surface area contributed by atoms with Crippen molar-refractivity contribution < 1.29 is 4.79 Å². The highest BCUT2D eigenvalue weighted by Gasteiger charge is 2.11. The van der Waals surface area contributed by atoms with Crippen molar-refractivity contribution in [2.75, 3.05) is 17.2 Å². The summed E-state index contributed by atoms with van der Waals surface area (Å²) in [6, 6.07) is 5.37. The van der Waals surface area contributed by atoms with Crippen LogP contribution in [-0.2, 0) is 0 Å². The first kappa shape index (κ1) is 17.2. The molecule has 1 heterocycles. The van der Waals surface area contributed by atoms with Crippen molar-refractivity contribution >= 4 is 29.0 Å². The Morgan fingerprint density at radius 1 is 1.26 bits per heavy atom. The van der Waals surface area contributed by atoms with Gasteiger partial charge in [-0.1, -0.05) is 31.5 Å². The fraction of sp³-hybridized carbons (Fsp3) is 0.353. The van der Waals surface area contributed by atoms with Crippen molar-refractivity contribution in [1.82, 2.24) is 9.97 Å². The molecule has 0 spiro atoms. The van der Waals surface area contributed by atoms with Gasteiger partial charge in [-0.25, -0.2) is 9.97 Å². The van der Waals surface area contributed by atoms with Crippen LogP contribution in [0.1, 0.15) is 36.3 Å². The van der Waals surface area contributed by atoms with E-state index in [1.54, 1.807) is 24.4 Å². The molecule has 0 unspecified atom stereocenters. The molecule has 0 fully saturated rings. The first-order valence-corrected chi connectivity index (χ1v) is 7.97. The van der Waals surface area contributed by atoms with Crippen LogP contribution >= 0.6 is 11.6 Å². The molecule has 1 amide bonds. The standard InChI is InChI=1S/C17H21ClN4O/c1-11(2)7-8-19-16-10-20-15(9-21-16)17(23)22-14-6-4-5-13(18)12(14)3/h4-6,9-11H,7-8H2,1-3H3,(H,19,21)(H,22,23). The molecule has 2 aromatic rings. The quantitative estimate of drug-likeness (QED) is 0.834. The third-order valence-electron chi connectivity index (χ3n) is 3.43. The number of aromatic nitrogens is 2. The Kier molecular flexibility index (Phi) is 5.93. The van der Waals surface area contributed by atoms with Crippen molar-refractivity contribution in [3.8, 4) is 0 Å². The summed E-state index contributed by atoms with van der Waals surface area (Å²) < 4.78 is 0. The van der Waals surface area contributed by atoms with Gasteiger partial charge in [-0.2, -0.15) is 0 Å². The topological polar surface area (TPSA) is 66.9 Å².